The molecule has 0 bridgehead atoms. The summed E-state index contributed by atoms with van der Waals surface area (Å²) >= 11 is 35.6. The first-order chi connectivity index (χ1) is 6.25. The molecular formula is C2H4Cl6N3P3. The minimum absolute atomic E-state index is 1.06. The molecule has 0 radical (unpaired) electrons. The number of halogens is 6. The van der Waals surface area contributed by atoms with E-state index in [1.54, 1.807) is 0 Å². The third-order valence-electron chi connectivity index (χ3n) is 1.31. The molecule has 12 heteroatoms. The number of nitrogens with zero attached hydrogens (tertiary/aromatic N) is 3. The molecule has 0 saturated heterocycles. The van der Waals surface area contributed by atoms with Crippen LogP contribution in [0.3, 0.4) is 0 Å². The molecule has 1 heterocycles. The molecule has 1 aliphatic heterocycles. The predicted molar refractivity (Wildman–Crippen MR) is 73.6 cm³/mol. The van der Waals surface area contributed by atoms with Crippen LogP contribution in [0.1, 0.15) is 0 Å². The Bertz CT molecular complexity index is 305. The van der Waals surface area contributed by atoms with Crippen LogP contribution < -0.4 is 0 Å². The molecule has 1 aliphatic rings. The van der Waals surface area contributed by atoms with Gasteiger partial charge in [0.05, 0.1) is 0 Å². The van der Waals surface area contributed by atoms with E-state index in [9.17, 15) is 0 Å². The molecule has 1 rings (SSSR count). The van der Waals surface area contributed by atoms with Crippen LogP contribution in [0.15, 0.2) is 16.9 Å². The van der Waals surface area contributed by atoms with E-state index in [1.807, 2.05) is 0 Å². The van der Waals surface area contributed by atoms with Crippen LogP contribution >= 0.6 is 88.9 Å². The fourth-order valence-corrected chi connectivity index (χ4v) is 16.9. The molecule has 3 nitrogen and oxygen atoms in total. The van der Waals surface area contributed by atoms with E-state index in [4.69, 9.17) is 68.5 Å². The van der Waals surface area contributed by atoms with Crippen molar-refractivity contribution in [1.29, 1.82) is 0 Å². The van der Waals surface area contributed by atoms with E-state index in [1.165, 1.54) is 5.82 Å². The fraction of sp³-hybridized carbons (Fsp3) is 0. The zero-order valence-electron chi connectivity index (χ0n) is 6.29. The molecule has 1 unspecified atom stereocenters. The first-order valence-corrected chi connectivity index (χ1v) is 12.3. The van der Waals surface area contributed by atoms with Crippen molar-refractivity contribution < 1.29 is 0 Å². The Morgan fingerprint density at radius 2 is 1.93 bits per heavy atom. The van der Waals surface area contributed by atoms with Crippen LogP contribution in [0.2, 0.25) is 0 Å². The van der Waals surface area contributed by atoms with Crippen LogP contribution in [-0.2, 0) is 0 Å². The van der Waals surface area contributed by atoms with Gasteiger partial charge in [0.1, 0.15) is 0 Å². The zero-order chi connectivity index (χ0) is 11.1. The second-order valence-corrected chi connectivity index (χ2v) is 16.0. The van der Waals surface area contributed by atoms with Crippen molar-refractivity contribution in [3.05, 3.63) is 12.4 Å². The molecule has 1 atom stereocenters. The van der Waals surface area contributed by atoms with Crippen molar-refractivity contribution in [1.82, 2.24) is 7.92 Å². The fourth-order valence-electron chi connectivity index (χ4n) is 0.662. The summed E-state index contributed by atoms with van der Waals surface area (Å²) < 4.78 is 6.11. The average molecular weight is 376 g/mol. The van der Waals surface area contributed by atoms with Crippen molar-refractivity contribution in [3.8, 4) is 0 Å². The molecule has 0 aromatic heterocycles. The van der Waals surface area contributed by atoms with Crippen LogP contribution in [0.5, 0.6) is 0 Å². The summed E-state index contributed by atoms with van der Waals surface area (Å²) in [4.78, 5) is 0. The SMILES string of the molecule is C=C[PH]1(Cl)N(Cl)P(Cl)N=P(Cl)(Cl)N1Cl. The number of rotatable bonds is 1. The van der Waals surface area contributed by atoms with E-state index in [-0.39, 0.29) is 0 Å². The molecule has 0 amide bonds. The molecule has 0 aliphatic carbocycles. The standard InChI is InChI=1S/C2H4Cl6N3P3/c1-2-13(6)10(3)12(5)9-14(7,8)11(13)4/h2,13H,1H2. The van der Waals surface area contributed by atoms with Gasteiger partial charge in [-0.3, -0.25) is 0 Å². The molecule has 0 fully saturated rings. The van der Waals surface area contributed by atoms with Gasteiger partial charge in [0.2, 0.25) is 0 Å². The Balaban J connectivity index is 3.26. The van der Waals surface area contributed by atoms with Gasteiger partial charge in [0.25, 0.3) is 0 Å². The second kappa shape index (κ2) is 5.01. The van der Waals surface area contributed by atoms with Crippen molar-refractivity contribution in [2.75, 3.05) is 0 Å². The third kappa shape index (κ3) is 2.50. The molecule has 84 valence electrons. The van der Waals surface area contributed by atoms with E-state index < -0.39 is 20.4 Å². The Kier molecular flexibility index (Phi) is 5.20. The van der Waals surface area contributed by atoms with Gasteiger partial charge in [-0.1, -0.05) is 0 Å². The first kappa shape index (κ1) is 14.6. The van der Waals surface area contributed by atoms with Crippen molar-refractivity contribution in [2.45, 2.75) is 0 Å². The molecule has 0 N–H and O–H groups in total. The minimum atomic E-state index is -2.99. The summed E-state index contributed by atoms with van der Waals surface area (Å²) in [5, 5.41) is 0. The Morgan fingerprint density at radius 1 is 1.43 bits per heavy atom. The normalized spacial score (nSPS) is 34.6. The summed E-state index contributed by atoms with van der Waals surface area (Å²) in [6.07, 6.45) is 0. The molecule has 0 saturated carbocycles. The van der Waals surface area contributed by atoms with Gasteiger partial charge in [-0.05, 0) is 0 Å². The van der Waals surface area contributed by atoms with Crippen LogP contribution in [0.4, 0.5) is 0 Å². The van der Waals surface area contributed by atoms with Gasteiger partial charge in [-0.15, -0.1) is 0 Å². The Hall–Kier alpha value is 2.49. The van der Waals surface area contributed by atoms with Crippen molar-refractivity contribution >= 4 is 88.9 Å². The monoisotopic (exact) mass is 373 g/mol. The summed E-state index contributed by atoms with van der Waals surface area (Å²) in [6, 6.07) is 0. The summed E-state index contributed by atoms with van der Waals surface area (Å²) in [5.74, 6) is -1.44. The first-order valence-electron chi connectivity index (χ1n) is 2.98. The van der Waals surface area contributed by atoms with Crippen molar-refractivity contribution in [3.63, 3.8) is 0 Å². The van der Waals surface area contributed by atoms with Gasteiger partial charge >= 0.3 is 114 Å². The van der Waals surface area contributed by atoms with E-state index in [2.05, 4.69) is 11.1 Å². The van der Waals surface area contributed by atoms with Gasteiger partial charge in [-0.25, -0.2) is 0 Å². The molecule has 0 spiro atoms. The Labute approximate surface area is 113 Å². The molecule has 14 heavy (non-hydrogen) atoms. The average Bonchev–Trinajstić information content (AvgIpc) is 2.11. The third-order valence-corrected chi connectivity index (χ3v) is 18.7. The number of hydrogen-bond acceptors (Lipinski definition) is 3. The quantitative estimate of drug-likeness (QED) is 0.376. The van der Waals surface area contributed by atoms with E-state index in [0.29, 0.717) is 0 Å². The maximum atomic E-state index is 6.18. The summed E-state index contributed by atoms with van der Waals surface area (Å²) in [5.41, 5.74) is 0. The summed E-state index contributed by atoms with van der Waals surface area (Å²) in [7, 11) is -1.55. The van der Waals surface area contributed by atoms with Gasteiger partial charge < -0.3 is 0 Å². The van der Waals surface area contributed by atoms with Gasteiger partial charge in [-0.2, -0.15) is 0 Å². The topological polar surface area (TPSA) is 18.8 Å². The zero-order valence-corrected chi connectivity index (χ0v) is 13.6. The number of hydrogen-bond donors (Lipinski definition) is 0. The van der Waals surface area contributed by atoms with Crippen LogP contribution in [-0.4, -0.2) is 7.92 Å². The van der Waals surface area contributed by atoms with Crippen molar-refractivity contribution in [2.24, 2.45) is 4.52 Å². The predicted octanol–water partition coefficient (Wildman–Crippen LogP) is 6.68. The van der Waals surface area contributed by atoms with Crippen LogP contribution in [0.25, 0.3) is 0 Å². The Morgan fingerprint density at radius 3 is 2.36 bits per heavy atom. The summed E-state index contributed by atoms with van der Waals surface area (Å²) in [6.45, 7) is 0.551. The van der Waals surface area contributed by atoms with E-state index >= 15 is 0 Å². The molecule has 0 aromatic carbocycles. The molecule has 0 aromatic rings. The van der Waals surface area contributed by atoms with Crippen LogP contribution in [0, 0.1) is 0 Å². The second-order valence-electron chi connectivity index (χ2n) is 2.15. The van der Waals surface area contributed by atoms with Gasteiger partial charge in [0.15, 0.2) is 0 Å². The maximum absolute atomic E-state index is 6.18. The van der Waals surface area contributed by atoms with E-state index in [0.717, 1.165) is 7.92 Å². The van der Waals surface area contributed by atoms with Gasteiger partial charge in [0, 0.05) is 0 Å². The molecular weight excluding hydrogens is 372 g/mol.